The van der Waals surface area contributed by atoms with Crippen LogP contribution in [0.3, 0.4) is 0 Å². The summed E-state index contributed by atoms with van der Waals surface area (Å²) in [5, 5.41) is 31.1. The number of benzene rings is 2. The van der Waals surface area contributed by atoms with Crippen LogP contribution in [0.1, 0.15) is 177 Å². The fourth-order valence-corrected chi connectivity index (χ4v) is 11.6. The summed E-state index contributed by atoms with van der Waals surface area (Å²) in [5.41, 5.74) is 36.7. The average molecular weight is 1340 g/mol. The third-order valence-corrected chi connectivity index (χ3v) is 17.2. The summed E-state index contributed by atoms with van der Waals surface area (Å²) in [6.07, 6.45) is 10.2. The van der Waals surface area contributed by atoms with E-state index >= 15 is 0 Å². The standard InChI is InChI=1S/C74H104N18O6/c1-7-57-47(3)61-43-62-49(5)59(17-19-69(93)87-55-39-51(71(95)83-33-13-29-79-25-9-21-75)37-52(40-55)72(96)84-34-14-30-80-26-10-22-76)67(91-62)46-68-60(50(6)64(92-68)45-66-58(8-2)48(4)63(90-66)44-65(57)89-61)18-20-70(94)88-56-41-53(73(97)85-35-15-31-81-27-11-23-77)38-54(42-56)74(98)86-36-16-32-82-28-12-24-78/h7-8,37-46,79-82,89-90H,1-2,9-36,75-78H2,3-6H3,(H,83,95)(H,84,96)(H,85,97)(H,86,98)(H,87,93)(H,88,94). The second-order valence-corrected chi connectivity index (χ2v) is 24.6. The van der Waals surface area contributed by atoms with Gasteiger partial charge in [-0.25, -0.2) is 9.97 Å². The lowest BCUT2D eigenvalue weighted by atomic mass is 9.98. The molecule has 5 aromatic rings. The van der Waals surface area contributed by atoms with Gasteiger partial charge in [0, 0.05) is 106 Å². The number of amides is 6. The predicted octanol–water partition coefficient (Wildman–Crippen LogP) is 7.15. The molecule has 0 unspecified atom stereocenters. The first-order chi connectivity index (χ1) is 47.5. The first kappa shape index (κ1) is 76.4. The summed E-state index contributed by atoms with van der Waals surface area (Å²) in [4.78, 5) is 101. The van der Waals surface area contributed by atoms with Crippen molar-refractivity contribution in [3.05, 3.63) is 141 Å². The average Bonchev–Trinajstić information content (AvgIpc) is 1.61. The Balaban J connectivity index is 1.20. The number of nitrogens with one attached hydrogen (secondary N) is 12. The molecule has 2 aliphatic heterocycles. The molecule has 24 nitrogen and oxygen atoms in total. The fraction of sp³-hybridized carbons (Fsp3) is 0.432. The van der Waals surface area contributed by atoms with Gasteiger partial charge in [0.05, 0.1) is 22.8 Å². The van der Waals surface area contributed by atoms with Crippen LogP contribution in [-0.2, 0) is 9.59 Å². The second kappa shape index (κ2) is 40.0. The minimum absolute atomic E-state index is 0.00901. The predicted molar refractivity (Wildman–Crippen MR) is 398 cm³/mol. The molecule has 98 heavy (non-hydrogen) atoms. The normalized spacial score (nSPS) is 12.0. The van der Waals surface area contributed by atoms with Gasteiger partial charge in [-0.15, -0.1) is 0 Å². The molecule has 8 bridgehead atoms. The second-order valence-electron chi connectivity index (χ2n) is 24.6. The van der Waals surface area contributed by atoms with Crippen LogP contribution in [-0.4, -0.2) is 160 Å². The van der Waals surface area contributed by atoms with Gasteiger partial charge >= 0.3 is 0 Å². The summed E-state index contributed by atoms with van der Waals surface area (Å²) in [6, 6.07) is 17.3. The van der Waals surface area contributed by atoms with Gasteiger partial charge in [0.15, 0.2) is 0 Å². The number of aromatic amines is 2. The highest BCUT2D eigenvalue weighted by atomic mass is 16.2. The van der Waals surface area contributed by atoms with Crippen molar-refractivity contribution in [1.29, 1.82) is 0 Å². The maximum Gasteiger partial charge on any atom is 0.251 e. The number of hydrogen-bond acceptors (Lipinski definition) is 16. The van der Waals surface area contributed by atoms with Gasteiger partial charge in [-0.2, -0.15) is 0 Å². The molecule has 2 aromatic carbocycles. The molecule has 6 amide bonds. The Kier molecular flexibility index (Phi) is 31.2. The smallest absolute Gasteiger partial charge is 0.251 e. The Hall–Kier alpha value is -8.98. The van der Waals surface area contributed by atoms with Gasteiger partial charge in [0.25, 0.3) is 23.6 Å². The monoisotopic (exact) mass is 1340 g/mol. The molecule has 20 N–H and O–H groups in total. The number of anilines is 2. The molecule has 2 aliphatic rings. The lowest BCUT2D eigenvalue weighted by molar-refractivity contribution is -0.116. The van der Waals surface area contributed by atoms with Crippen molar-refractivity contribution in [1.82, 2.24) is 62.5 Å². The van der Waals surface area contributed by atoms with E-state index in [0.29, 0.717) is 127 Å². The third kappa shape index (κ3) is 22.5. The van der Waals surface area contributed by atoms with Crippen LogP contribution in [0, 0.1) is 13.8 Å². The first-order valence-electron chi connectivity index (χ1n) is 34.6. The molecule has 5 heterocycles. The molecule has 0 aliphatic carbocycles. The van der Waals surface area contributed by atoms with Crippen molar-refractivity contribution in [3.63, 3.8) is 0 Å². The van der Waals surface area contributed by atoms with E-state index in [1.807, 2.05) is 58.0 Å². The van der Waals surface area contributed by atoms with E-state index in [1.165, 1.54) is 12.1 Å². The largest absolute Gasteiger partial charge is 0.355 e. The number of aryl methyl sites for hydroxylation is 2. The van der Waals surface area contributed by atoms with Crippen LogP contribution in [0.2, 0.25) is 0 Å². The summed E-state index contributed by atoms with van der Waals surface area (Å²) in [6.45, 7) is 26.2. The Labute approximate surface area is 576 Å². The number of hydrogen-bond donors (Lipinski definition) is 16. The Bertz CT molecular complexity index is 3770. The van der Waals surface area contributed by atoms with Gasteiger partial charge < -0.3 is 86.1 Å². The van der Waals surface area contributed by atoms with E-state index in [2.05, 4.69) is 82.4 Å². The van der Waals surface area contributed by atoms with Crippen LogP contribution in [0.15, 0.2) is 73.8 Å². The number of fused-ring (bicyclic) bond motifs is 8. The van der Waals surface area contributed by atoms with E-state index < -0.39 is 0 Å². The van der Waals surface area contributed by atoms with Crippen LogP contribution >= 0.6 is 0 Å². The van der Waals surface area contributed by atoms with Crippen molar-refractivity contribution >= 4 is 103 Å². The number of rotatable bonds is 42. The van der Waals surface area contributed by atoms with E-state index in [4.69, 9.17) is 32.9 Å². The number of carbonyl (C=O) groups is 6. The van der Waals surface area contributed by atoms with Crippen molar-refractivity contribution < 1.29 is 28.8 Å². The molecule has 24 heteroatoms. The van der Waals surface area contributed by atoms with Crippen molar-refractivity contribution in [3.8, 4) is 0 Å². The number of allylic oxidation sites excluding steroid dienone is 4. The highest BCUT2D eigenvalue weighted by Gasteiger charge is 2.25. The van der Waals surface area contributed by atoms with E-state index in [9.17, 15) is 28.8 Å². The van der Waals surface area contributed by atoms with Gasteiger partial charge in [0.1, 0.15) is 0 Å². The van der Waals surface area contributed by atoms with E-state index in [0.717, 1.165) is 118 Å². The number of nitrogens with zero attached hydrogens (tertiary/aromatic N) is 2. The summed E-state index contributed by atoms with van der Waals surface area (Å²) < 4.78 is 0. The van der Waals surface area contributed by atoms with E-state index in [1.54, 1.807) is 24.3 Å². The van der Waals surface area contributed by atoms with Crippen molar-refractivity contribution in [2.24, 2.45) is 22.9 Å². The van der Waals surface area contributed by atoms with Crippen molar-refractivity contribution in [2.75, 3.05) is 115 Å². The number of carbonyl (C=O) groups excluding carboxylic acids is 6. The molecule has 0 radical (unpaired) electrons. The number of H-pyrrole nitrogens is 2. The SMILES string of the molecule is C=Cc1c(C)c2cc3[nH]c(cc4nc(cc5nc(cc1[nH]2)C(C)=C5CCC(=O)Nc1cc(C(=O)NCCCNCCCN)cc(C(=O)NCCCNCCCN)c1)C(CCC(=O)Nc1cc(C(=O)NCCCNCCCN)cc(C(=O)NCCCNCCCN)c1)=C4C)c(C)c3C=C. The van der Waals surface area contributed by atoms with Gasteiger partial charge in [-0.05, 0) is 265 Å². The lowest BCUT2D eigenvalue weighted by Crippen LogP contribution is -2.30. The molecule has 3 aromatic heterocycles. The number of nitrogens with two attached hydrogens (primary N) is 4. The highest BCUT2D eigenvalue weighted by Crippen LogP contribution is 2.39. The zero-order valence-electron chi connectivity index (χ0n) is 57.8. The quantitative estimate of drug-likeness (QED) is 0.0172. The van der Waals surface area contributed by atoms with E-state index in [-0.39, 0.29) is 94.8 Å². The summed E-state index contributed by atoms with van der Waals surface area (Å²) in [7, 11) is 0. The summed E-state index contributed by atoms with van der Waals surface area (Å²) in [5.74, 6) is -2.26. The maximum absolute atomic E-state index is 14.4. The summed E-state index contributed by atoms with van der Waals surface area (Å²) >= 11 is 0. The fourth-order valence-electron chi connectivity index (χ4n) is 11.6. The zero-order valence-corrected chi connectivity index (χ0v) is 57.8. The lowest BCUT2D eigenvalue weighted by Gasteiger charge is -2.13. The minimum Gasteiger partial charge on any atom is -0.355 e. The minimum atomic E-state index is -0.385. The molecule has 7 rings (SSSR count). The molecular formula is C74H104N18O6. The van der Waals surface area contributed by atoms with Crippen LogP contribution in [0.4, 0.5) is 11.4 Å². The molecule has 0 atom stereocenters. The van der Waals surface area contributed by atoms with Gasteiger partial charge in [-0.3, -0.25) is 28.8 Å². The highest BCUT2D eigenvalue weighted by molar-refractivity contribution is 6.05. The van der Waals surface area contributed by atoms with Crippen LogP contribution < -0.4 is 76.1 Å². The molecule has 0 spiro atoms. The first-order valence-corrected chi connectivity index (χ1v) is 34.6. The van der Waals surface area contributed by atoms with Gasteiger partial charge in [-0.1, -0.05) is 25.3 Å². The third-order valence-electron chi connectivity index (χ3n) is 17.2. The number of aromatic nitrogens is 4. The van der Waals surface area contributed by atoms with Crippen LogP contribution in [0.5, 0.6) is 0 Å². The molecule has 0 saturated carbocycles. The van der Waals surface area contributed by atoms with Crippen molar-refractivity contribution in [2.45, 2.75) is 105 Å². The zero-order chi connectivity index (χ0) is 70.3. The molecule has 526 valence electrons. The Morgan fingerprint density at radius 2 is 0.694 bits per heavy atom. The van der Waals surface area contributed by atoms with Crippen LogP contribution in [0.25, 0.3) is 56.5 Å². The maximum atomic E-state index is 14.4. The Morgan fingerprint density at radius 1 is 0.388 bits per heavy atom. The molecule has 0 saturated heterocycles. The molecule has 0 fully saturated rings. The van der Waals surface area contributed by atoms with Gasteiger partial charge in [0.2, 0.25) is 11.8 Å². The topological polar surface area (TPSA) is 384 Å². The molecular weight excluding hydrogens is 1240 g/mol. The Morgan fingerprint density at radius 3 is 1.02 bits per heavy atom.